The number of benzene rings is 1. The molecule has 1 amide bonds. The number of thiazole rings is 1. The quantitative estimate of drug-likeness (QED) is 0.663. The van der Waals surface area contributed by atoms with Crippen LogP contribution in [-0.2, 0) is 26.7 Å². The smallest absolute Gasteiger partial charge is 0.233 e. The molecule has 3 heterocycles. The Bertz CT molecular complexity index is 1030. The highest BCUT2D eigenvalue weighted by Gasteiger charge is 2.50. The van der Waals surface area contributed by atoms with Crippen molar-refractivity contribution in [3.63, 3.8) is 0 Å². The summed E-state index contributed by atoms with van der Waals surface area (Å²) in [6.45, 7) is 1.33. The highest BCUT2D eigenvalue weighted by atomic mass is 79.9. The van der Waals surface area contributed by atoms with Gasteiger partial charge in [0, 0.05) is 35.2 Å². The first kappa shape index (κ1) is 19.3. The molecule has 27 heavy (non-hydrogen) atoms. The molecule has 1 saturated heterocycles. The lowest BCUT2D eigenvalue weighted by Crippen LogP contribution is -2.40. The van der Waals surface area contributed by atoms with E-state index in [0.29, 0.717) is 35.4 Å². The summed E-state index contributed by atoms with van der Waals surface area (Å²) in [5, 5.41) is 0.675. The largest absolute Gasteiger partial charge is 0.311 e. The van der Waals surface area contributed by atoms with E-state index in [9.17, 15) is 13.2 Å². The number of fused-ring (bicyclic) bond motifs is 2. The van der Waals surface area contributed by atoms with Crippen LogP contribution in [0.2, 0.25) is 4.34 Å². The van der Waals surface area contributed by atoms with Gasteiger partial charge in [0.05, 0.1) is 18.9 Å². The maximum atomic E-state index is 13.0. The Labute approximate surface area is 175 Å². The molecule has 10 heteroatoms. The third-order valence-electron chi connectivity index (χ3n) is 5.20. The van der Waals surface area contributed by atoms with Gasteiger partial charge in [-0.1, -0.05) is 27.5 Å². The average molecular weight is 491 g/mol. The molecule has 1 aromatic heterocycles. The van der Waals surface area contributed by atoms with Crippen LogP contribution in [0, 0.1) is 0 Å². The molecule has 0 saturated carbocycles. The summed E-state index contributed by atoms with van der Waals surface area (Å²) < 4.78 is 27.0. The molecule has 2 aliphatic rings. The molecule has 1 spiro atoms. The van der Waals surface area contributed by atoms with E-state index >= 15 is 0 Å². The monoisotopic (exact) mass is 489 g/mol. The van der Waals surface area contributed by atoms with Crippen molar-refractivity contribution in [3.05, 3.63) is 43.8 Å². The molecule has 0 aliphatic carbocycles. The van der Waals surface area contributed by atoms with Crippen LogP contribution in [-0.4, -0.2) is 49.5 Å². The summed E-state index contributed by atoms with van der Waals surface area (Å²) in [5.41, 5.74) is 1.49. The topological polar surface area (TPSA) is 70.6 Å². The Morgan fingerprint density at radius 1 is 1.41 bits per heavy atom. The van der Waals surface area contributed by atoms with Gasteiger partial charge in [-0.15, -0.1) is 11.3 Å². The highest BCUT2D eigenvalue weighted by Crippen LogP contribution is 2.48. The van der Waals surface area contributed by atoms with Crippen LogP contribution >= 0.6 is 38.9 Å². The van der Waals surface area contributed by atoms with Crippen LogP contribution in [0.1, 0.15) is 17.0 Å². The van der Waals surface area contributed by atoms with Crippen LogP contribution in [0.15, 0.2) is 28.9 Å². The van der Waals surface area contributed by atoms with Gasteiger partial charge in [-0.3, -0.25) is 4.79 Å². The zero-order valence-electron chi connectivity index (χ0n) is 14.5. The number of anilines is 1. The van der Waals surface area contributed by atoms with Crippen molar-refractivity contribution < 1.29 is 13.2 Å². The van der Waals surface area contributed by atoms with E-state index in [-0.39, 0.29) is 17.7 Å². The maximum absolute atomic E-state index is 13.0. The Kier molecular flexibility index (Phi) is 4.87. The SMILES string of the molecule is CS(=O)(=O)N1CCC2(CN(C(=O)Cc3ncc(Cl)s3)c3ccc(Br)cc32)C1. The minimum atomic E-state index is -3.27. The molecule has 1 unspecified atom stereocenters. The molecule has 1 aromatic carbocycles. The van der Waals surface area contributed by atoms with Crippen molar-refractivity contribution >= 4 is 60.5 Å². The van der Waals surface area contributed by atoms with Gasteiger partial charge in [0.25, 0.3) is 0 Å². The molecule has 1 fully saturated rings. The number of carbonyl (C=O) groups is 1. The van der Waals surface area contributed by atoms with E-state index < -0.39 is 10.0 Å². The molecule has 4 rings (SSSR count). The first-order chi connectivity index (χ1) is 12.7. The van der Waals surface area contributed by atoms with Crippen LogP contribution in [0.3, 0.4) is 0 Å². The fraction of sp³-hybridized carbons (Fsp3) is 0.412. The van der Waals surface area contributed by atoms with Gasteiger partial charge in [-0.2, -0.15) is 0 Å². The Hall–Kier alpha value is -1.000. The fourth-order valence-corrected chi connectivity index (χ4v) is 6.14. The third kappa shape index (κ3) is 3.55. The number of hydrogen-bond acceptors (Lipinski definition) is 5. The predicted octanol–water partition coefficient (Wildman–Crippen LogP) is 3.05. The summed E-state index contributed by atoms with van der Waals surface area (Å²) in [5.74, 6) is -0.0562. The minimum absolute atomic E-state index is 0.0562. The van der Waals surface area contributed by atoms with E-state index in [1.165, 1.54) is 21.9 Å². The lowest BCUT2D eigenvalue weighted by atomic mass is 9.82. The van der Waals surface area contributed by atoms with E-state index in [1.807, 2.05) is 18.2 Å². The molecule has 0 bridgehead atoms. The summed E-state index contributed by atoms with van der Waals surface area (Å²) in [6, 6.07) is 5.83. The number of rotatable bonds is 3. The molecule has 1 atom stereocenters. The van der Waals surface area contributed by atoms with E-state index in [1.54, 1.807) is 11.1 Å². The van der Waals surface area contributed by atoms with Crippen molar-refractivity contribution in [2.24, 2.45) is 0 Å². The average Bonchev–Trinajstić information content (AvgIpc) is 3.27. The minimum Gasteiger partial charge on any atom is -0.311 e. The number of halogens is 2. The van der Waals surface area contributed by atoms with E-state index in [4.69, 9.17) is 11.6 Å². The second-order valence-electron chi connectivity index (χ2n) is 7.00. The number of amides is 1. The predicted molar refractivity (Wildman–Crippen MR) is 110 cm³/mol. The molecule has 2 aliphatic heterocycles. The maximum Gasteiger partial charge on any atom is 0.233 e. The highest BCUT2D eigenvalue weighted by molar-refractivity contribution is 9.10. The fourth-order valence-electron chi connectivity index (χ4n) is 3.92. The van der Waals surface area contributed by atoms with Crippen molar-refractivity contribution in [2.75, 3.05) is 30.8 Å². The molecule has 144 valence electrons. The number of nitrogens with zero attached hydrogens (tertiary/aromatic N) is 3. The first-order valence-corrected chi connectivity index (χ1v) is 12.2. The lowest BCUT2D eigenvalue weighted by molar-refractivity contribution is -0.118. The Morgan fingerprint density at radius 3 is 2.81 bits per heavy atom. The first-order valence-electron chi connectivity index (χ1n) is 8.34. The second-order valence-corrected chi connectivity index (χ2v) is 11.6. The second kappa shape index (κ2) is 6.81. The van der Waals surface area contributed by atoms with E-state index in [2.05, 4.69) is 20.9 Å². The number of sulfonamides is 1. The number of carbonyl (C=O) groups excluding carboxylic acids is 1. The molecular formula is C17H17BrClN3O3S2. The zero-order valence-corrected chi connectivity index (χ0v) is 18.5. The van der Waals surface area contributed by atoms with Crippen LogP contribution in [0.4, 0.5) is 5.69 Å². The molecule has 0 N–H and O–H groups in total. The van der Waals surface area contributed by atoms with Gasteiger partial charge in [0.15, 0.2) is 0 Å². The van der Waals surface area contributed by atoms with Crippen molar-refractivity contribution in [3.8, 4) is 0 Å². The van der Waals surface area contributed by atoms with Crippen molar-refractivity contribution in [1.29, 1.82) is 0 Å². The summed E-state index contributed by atoms with van der Waals surface area (Å²) in [6.07, 6.45) is 3.65. The van der Waals surface area contributed by atoms with Gasteiger partial charge in [0.2, 0.25) is 15.9 Å². The van der Waals surface area contributed by atoms with Crippen molar-refractivity contribution in [2.45, 2.75) is 18.3 Å². The number of hydrogen-bond donors (Lipinski definition) is 0. The van der Waals surface area contributed by atoms with Crippen LogP contribution in [0.5, 0.6) is 0 Å². The van der Waals surface area contributed by atoms with Gasteiger partial charge in [-0.25, -0.2) is 17.7 Å². The normalized spacial score (nSPS) is 22.6. The molecule has 2 aromatic rings. The number of aromatic nitrogens is 1. The lowest BCUT2D eigenvalue weighted by Gasteiger charge is -2.25. The molecule has 6 nitrogen and oxygen atoms in total. The Balaban J connectivity index is 1.67. The standard InChI is InChI=1S/C17H17BrClN3O3S2/c1-27(24,25)21-5-4-17(9-21)10-22(13-3-2-11(18)6-12(13)17)16(23)7-15-20-8-14(19)26-15/h2-3,6,8H,4-5,7,9-10H2,1H3. The summed E-state index contributed by atoms with van der Waals surface area (Å²) >= 11 is 10.7. The third-order valence-corrected chi connectivity index (χ3v) is 8.06. The van der Waals surface area contributed by atoms with Crippen molar-refractivity contribution in [1.82, 2.24) is 9.29 Å². The molecular weight excluding hydrogens is 474 g/mol. The van der Waals surface area contributed by atoms with Gasteiger partial charge >= 0.3 is 0 Å². The Morgan fingerprint density at radius 2 is 2.19 bits per heavy atom. The van der Waals surface area contributed by atoms with Gasteiger partial charge < -0.3 is 4.90 Å². The molecule has 0 radical (unpaired) electrons. The van der Waals surface area contributed by atoms with Gasteiger partial charge in [0.1, 0.15) is 9.34 Å². The van der Waals surface area contributed by atoms with Crippen LogP contribution < -0.4 is 4.90 Å². The zero-order chi connectivity index (χ0) is 19.4. The van der Waals surface area contributed by atoms with Crippen LogP contribution in [0.25, 0.3) is 0 Å². The summed E-state index contributed by atoms with van der Waals surface area (Å²) in [4.78, 5) is 18.9. The van der Waals surface area contributed by atoms with Gasteiger partial charge in [-0.05, 0) is 30.2 Å². The van der Waals surface area contributed by atoms with E-state index in [0.717, 1.165) is 15.7 Å². The summed E-state index contributed by atoms with van der Waals surface area (Å²) in [7, 11) is -3.27.